The minimum absolute atomic E-state index is 0.151. The average Bonchev–Trinajstić information content (AvgIpc) is 2.99. The van der Waals surface area contributed by atoms with E-state index in [1.165, 1.54) is 17.8 Å². The Morgan fingerprint density at radius 1 is 1.57 bits per heavy atom. The zero-order valence-electron chi connectivity index (χ0n) is 11.4. The number of sulfonamides is 1. The van der Waals surface area contributed by atoms with Crippen LogP contribution in [0.5, 0.6) is 0 Å². The van der Waals surface area contributed by atoms with E-state index in [0.29, 0.717) is 5.82 Å². The summed E-state index contributed by atoms with van der Waals surface area (Å²) < 4.78 is 28.0. The maximum atomic E-state index is 12.2. The summed E-state index contributed by atoms with van der Waals surface area (Å²) in [4.78, 5) is 17.8. The van der Waals surface area contributed by atoms with Gasteiger partial charge in [-0.15, -0.1) is 0 Å². The first-order chi connectivity index (χ1) is 9.73. The normalized spacial score (nSPS) is 14.8. The predicted molar refractivity (Wildman–Crippen MR) is 71.9 cm³/mol. The van der Waals surface area contributed by atoms with Crippen LogP contribution in [-0.2, 0) is 21.4 Å². The molecule has 0 radical (unpaired) electrons. The van der Waals surface area contributed by atoms with Gasteiger partial charge < -0.3 is 10.1 Å². The second-order valence-electron chi connectivity index (χ2n) is 4.78. The predicted octanol–water partition coefficient (Wildman–Crippen LogP) is -0.264. The SMILES string of the molecule is Cc1ncc(S(=O)(=O)NC(C)(Cn2cccn2)C(=O)O)[nH]1. The van der Waals surface area contributed by atoms with Gasteiger partial charge in [-0.3, -0.25) is 9.48 Å². The van der Waals surface area contributed by atoms with Crippen molar-refractivity contribution in [2.75, 3.05) is 0 Å². The topological polar surface area (TPSA) is 130 Å². The highest BCUT2D eigenvalue weighted by atomic mass is 32.2. The number of imidazole rings is 1. The fourth-order valence-electron chi connectivity index (χ4n) is 1.75. The Balaban J connectivity index is 2.29. The van der Waals surface area contributed by atoms with Crippen molar-refractivity contribution in [3.8, 4) is 0 Å². The number of aliphatic carboxylic acids is 1. The quantitative estimate of drug-likeness (QED) is 0.673. The van der Waals surface area contributed by atoms with Crippen LogP contribution in [0.1, 0.15) is 12.7 Å². The maximum Gasteiger partial charge on any atom is 0.326 e. The van der Waals surface area contributed by atoms with Crippen molar-refractivity contribution in [1.82, 2.24) is 24.5 Å². The van der Waals surface area contributed by atoms with E-state index in [2.05, 4.69) is 19.8 Å². The van der Waals surface area contributed by atoms with E-state index < -0.39 is 21.5 Å². The lowest BCUT2D eigenvalue weighted by molar-refractivity contribution is -0.144. The van der Waals surface area contributed by atoms with Gasteiger partial charge in [0.15, 0.2) is 5.03 Å². The van der Waals surface area contributed by atoms with E-state index in [0.717, 1.165) is 6.20 Å². The van der Waals surface area contributed by atoms with Crippen molar-refractivity contribution in [2.24, 2.45) is 0 Å². The minimum Gasteiger partial charge on any atom is -0.480 e. The lowest BCUT2D eigenvalue weighted by atomic mass is 10.1. The van der Waals surface area contributed by atoms with Crippen LogP contribution in [-0.4, -0.2) is 44.8 Å². The molecule has 10 heteroatoms. The molecule has 1 unspecified atom stereocenters. The first kappa shape index (κ1) is 15.2. The highest BCUT2D eigenvalue weighted by molar-refractivity contribution is 7.89. The molecule has 0 bridgehead atoms. The smallest absolute Gasteiger partial charge is 0.326 e. The van der Waals surface area contributed by atoms with E-state index in [9.17, 15) is 18.3 Å². The average molecular weight is 313 g/mol. The zero-order valence-corrected chi connectivity index (χ0v) is 12.3. The lowest BCUT2D eigenvalue weighted by Crippen LogP contribution is -2.54. The van der Waals surface area contributed by atoms with E-state index in [1.54, 1.807) is 19.2 Å². The van der Waals surface area contributed by atoms with Crippen molar-refractivity contribution in [3.05, 3.63) is 30.5 Å². The Kier molecular flexibility index (Phi) is 3.83. The van der Waals surface area contributed by atoms with Crippen LogP contribution in [0.15, 0.2) is 29.7 Å². The molecule has 2 rings (SSSR count). The van der Waals surface area contributed by atoms with Crippen molar-refractivity contribution < 1.29 is 18.3 Å². The van der Waals surface area contributed by atoms with Crippen LogP contribution < -0.4 is 4.72 Å². The van der Waals surface area contributed by atoms with E-state index in [4.69, 9.17) is 0 Å². The Morgan fingerprint density at radius 3 is 2.76 bits per heavy atom. The highest BCUT2D eigenvalue weighted by Crippen LogP contribution is 2.14. The first-order valence-corrected chi connectivity index (χ1v) is 7.48. The fourth-order valence-corrected chi connectivity index (χ4v) is 3.08. The molecule has 0 saturated carbocycles. The number of carboxylic acid groups (broad SMARTS) is 1. The molecule has 9 nitrogen and oxygen atoms in total. The van der Waals surface area contributed by atoms with Gasteiger partial charge in [-0.1, -0.05) is 0 Å². The molecule has 0 amide bonds. The molecule has 2 aromatic rings. The molecule has 0 fully saturated rings. The summed E-state index contributed by atoms with van der Waals surface area (Å²) in [5.41, 5.74) is -1.75. The second-order valence-corrected chi connectivity index (χ2v) is 6.43. The minimum atomic E-state index is -4.04. The molecule has 0 aromatic carbocycles. The Labute approximate surface area is 121 Å². The van der Waals surface area contributed by atoms with Crippen molar-refractivity contribution in [2.45, 2.75) is 31.0 Å². The van der Waals surface area contributed by atoms with Gasteiger partial charge in [0.2, 0.25) is 0 Å². The number of nitrogens with one attached hydrogen (secondary N) is 2. The molecule has 0 aliphatic carbocycles. The third-order valence-corrected chi connectivity index (χ3v) is 4.34. The van der Waals surface area contributed by atoms with Gasteiger partial charge >= 0.3 is 5.97 Å². The molecule has 0 spiro atoms. The van der Waals surface area contributed by atoms with Gasteiger partial charge in [-0.2, -0.15) is 9.82 Å². The van der Waals surface area contributed by atoms with Gasteiger partial charge in [-0.05, 0) is 19.9 Å². The summed E-state index contributed by atoms with van der Waals surface area (Å²) in [6, 6.07) is 1.62. The molecule has 0 aliphatic heterocycles. The van der Waals surface area contributed by atoms with Gasteiger partial charge in [-0.25, -0.2) is 13.4 Å². The maximum absolute atomic E-state index is 12.2. The van der Waals surface area contributed by atoms with Gasteiger partial charge in [0.25, 0.3) is 10.0 Å². The molecular formula is C11H15N5O4S. The van der Waals surface area contributed by atoms with Gasteiger partial charge in [0, 0.05) is 12.4 Å². The third kappa shape index (κ3) is 3.28. The molecule has 21 heavy (non-hydrogen) atoms. The first-order valence-electron chi connectivity index (χ1n) is 5.99. The summed E-state index contributed by atoms with van der Waals surface area (Å²) in [5, 5.41) is 13.1. The second kappa shape index (κ2) is 5.30. The number of aromatic nitrogens is 4. The molecular weight excluding hydrogens is 298 g/mol. The lowest BCUT2D eigenvalue weighted by Gasteiger charge is -2.25. The monoisotopic (exact) mass is 313 g/mol. The number of hydrogen-bond donors (Lipinski definition) is 3. The molecule has 0 saturated heterocycles. The van der Waals surface area contributed by atoms with Crippen molar-refractivity contribution in [1.29, 1.82) is 0 Å². The number of aryl methyl sites for hydroxylation is 1. The third-order valence-electron chi connectivity index (χ3n) is 2.84. The molecule has 3 N–H and O–H groups in total. The van der Waals surface area contributed by atoms with Gasteiger partial charge in [0.1, 0.15) is 11.4 Å². The van der Waals surface area contributed by atoms with E-state index in [-0.39, 0.29) is 11.6 Å². The van der Waals surface area contributed by atoms with Crippen LogP contribution in [0, 0.1) is 6.92 Å². The largest absolute Gasteiger partial charge is 0.480 e. The Hall–Kier alpha value is -2.20. The van der Waals surface area contributed by atoms with Crippen LogP contribution in [0.3, 0.4) is 0 Å². The molecule has 1 atom stereocenters. The molecule has 114 valence electrons. The Bertz CT molecular complexity index is 737. The number of hydrogen-bond acceptors (Lipinski definition) is 5. The molecule has 2 heterocycles. The summed E-state index contributed by atoms with van der Waals surface area (Å²) in [6.07, 6.45) is 4.17. The molecule has 2 aromatic heterocycles. The Morgan fingerprint density at radius 2 is 2.29 bits per heavy atom. The van der Waals surface area contributed by atoms with Crippen LogP contribution in [0.25, 0.3) is 0 Å². The number of rotatable bonds is 6. The summed E-state index contributed by atoms with van der Waals surface area (Å²) >= 11 is 0. The van der Waals surface area contributed by atoms with Crippen LogP contribution >= 0.6 is 0 Å². The number of carbonyl (C=O) groups is 1. The summed E-state index contributed by atoms with van der Waals surface area (Å²) in [7, 11) is -4.04. The van der Waals surface area contributed by atoms with Crippen LogP contribution in [0.2, 0.25) is 0 Å². The van der Waals surface area contributed by atoms with Crippen molar-refractivity contribution in [3.63, 3.8) is 0 Å². The van der Waals surface area contributed by atoms with Gasteiger partial charge in [0.05, 0.1) is 12.7 Å². The number of H-pyrrole nitrogens is 1. The standard InChI is InChI=1S/C11H15N5O4S/c1-8-12-6-9(14-8)21(19,20)15-11(2,10(17)18)7-16-5-3-4-13-16/h3-6,15H,7H2,1-2H3,(H,12,14)(H,17,18). The molecule has 0 aliphatic rings. The fraction of sp³-hybridized carbons (Fsp3) is 0.364. The highest BCUT2D eigenvalue weighted by Gasteiger charge is 2.39. The zero-order chi connectivity index (χ0) is 15.7. The number of nitrogens with zero attached hydrogens (tertiary/aromatic N) is 3. The van der Waals surface area contributed by atoms with Crippen LogP contribution in [0.4, 0.5) is 0 Å². The van der Waals surface area contributed by atoms with E-state index >= 15 is 0 Å². The van der Waals surface area contributed by atoms with E-state index in [1.807, 2.05) is 0 Å². The number of carboxylic acids is 1. The summed E-state index contributed by atoms with van der Waals surface area (Å²) in [6.45, 7) is 2.72. The van der Waals surface area contributed by atoms with Crippen molar-refractivity contribution >= 4 is 16.0 Å². The number of aromatic amines is 1. The summed E-state index contributed by atoms with van der Waals surface area (Å²) in [5.74, 6) is -0.891.